The van der Waals surface area contributed by atoms with Gasteiger partial charge in [0.05, 0.1) is 0 Å². The average molecular weight is 353 g/mol. The maximum absolute atomic E-state index is 9.90. The number of benzene rings is 2. The van der Waals surface area contributed by atoms with Crippen molar-refractivity contribution in [3.63, 3.8) is 0 Å². The van der Waals surface area contributed by atoms with Gasteiger partial charge in [0.25, 0.3) is 0 Å². The van der Waals surface area contributed by atoms with Crippen LogP contribution in [0.3, 0.4) is 0 Å². The molecule has 0 radical (unpaired) electrons. The third-order valence-corrected chi connectivity index (χ3v) is 4.78. The van der Waals surface area contributed by atoms with Gasteiger partial charge >= 0.3 is 0 Å². The van der Waals surface area contributed by atoms with Gasteiger partial charge in [-0.1, -0.05) is 36.4 Å². The summed E-state index contributed by atoms with van der Waals surface area (Å²) in [5.74, 6) is 0.768. The number of piperazine rings is 1. The highest BCUT2D eigenvalue weighted by molar-refractivity contribution is 5.85. The van der Waals surface area contributed by atoms with E-state index in [1.165, 1.54) is 16.7 Å². The van der Waals surface area contributed by atoms with Crippen molar-refractivity contribution >= 4 is 24.8 Å². The zero-order valence-electron chi connectivity index (χ0n) is 12.8. The van der Waals surface area contributed by atoms with E-state index in [1.54, 1.807) is 0 Å². The summed E-state index contributed by atoms with van der Waals surface area (Å²) in [6.45, 7) is 4.15. The van der Waals surface area contributed by atoms with Gasteiger partial charge in [-0.25, -0.2) is 0 Å². The molecule has 0 saturated carbocycles. The van der Waals surface area contributed by atoms with E-state index < -0.39 is 0 Å². The van der Waals surface area contributed by atoms with Gasteiger partial charge in [0.1, 0.15) is 5.75 Å². The fraction of sp³-hybridized carbons (Fsp3) is 0.333. The van der Waals surface area contributed by atoms with Crippen LogP contribution in [0, 0.1) is 0 Å². The molecule has 0 aliphatic carbocycles. The Balaban J connectivity index is 0.000000960. The van der Waals surface area contributed by atoms with Crippen molar-refractivity contribution in [3.8, 4) is 5.75 Å². The molecule has 2 atom stereocenters. The second-order valence-electron chi connectivity index (χ2n) is 5.99. The Labute approximate surface area is 149 Å². The van der Waals surface area contributed by atoms with E-state index in [0.717, 1.165) is 26.2 Å². The van der Waals surface area contributed by atoms with E-state index in [2.05, 4.69) is 46.6 Å². The van der Waals surface area contributed by atoms with Crippen LogP contribution >= 0.6 is 24.8 Å². The molecule has 2 heterocycles. The minimum atomic E-state index is 0. The molecule has 1 fully saturated rings. The largest absolute Gasteiger partial charge is 0.508 e. The summed E-state index contributed by atoms with van der Waals surface area (Å²) in [5, 5.41) is 13.4. The minimum absolute atomic E-state index is 0. The molecule has 5 heteroatoms. The second kappa shape index (κ2) is 7.54. The number of fused-ring (bicyclic) bond motifs is 3. The van der Waals surface area contributed by atoms with Gasteiger partial charge in [0.2, 0.25) is 0 Å². The quantitative estimate of drug-likeness (QED) is 0.826. The average Bonchev–Trinajstić information content (AvgIpc) is 2.55. The van der Waals surface area contributed by atoms with E-state index in [0.29, 0.717) is 17.7 Å². The third-order valence-electron chi connectivity index (χ3n) is 4.78. The van der Waals surface area contributed by atoms with Gasteiger partial charge in [-0.05, 0) is 28.8 Å². The molecule has 23 heavy (non-hydrogen) atoms. The van der Waals surface area contributed by atoms with Crippen LogP contribution < -0.4 is 5.32 Å². The fourth-order valence-electron chi connectivity index (χ4n) is 3.74. The Morgan fingerprint density at radius 1 is 1.00 bits per heavy atom. The summed E-state index contributed by atoms with van der Waals surface area (Å²) < 4.78 is 0. The molecule has 0 amide bonds. The van der Waals surface area contributed by atoms with Crippen molar-refractivity contribution in [1.29, 1.82) is 0 Å². The van der Waals surface area contributed by atoms with Crippen LogP contribution in [-0.4, -0.2) is 36.2 Å². The minimum Gasteiger partial charge on any atom is -0.508 e. The van der Waals surface area contributed by atoms with Gasteiger partial charge in [-0.2, -0.15) is 0 Å². The number of aromatic hydroxyl groups is 1. The van der Waals surface area contributed by atoms with Crippen LogP contribution in [0.1, 0.15) is 28.7 Å². The lowest BCUT2D eigenvalue weighted by Gasteiger charge is -2.44. The lowest BCUT2D eigenvalue weighted by Crippen LogP contribution is -2.50. The molecule has 0 spiro atoms. The van der Waals surface area contributed by atoms with E-state index in [1.807, 2.05) is 12.1 Å². The number of halogens is 2. The highest BCUT2D eigenvalue weighted by Gasteiger charge is 2.35. The van der Waals surface area contributed by atoms with Crippen LogP contribution in [0.15, 0.2) is 48.5 Å². The first-order chi connectivity index (χ1) is 10.3. The predicted molar refractivity (Wildman–Crippen MR) is 98.1 cm³/mol. The number of nitrogens with zero attached hydrogens (tertiary/aromatic N) is 1. The Hall–Kier alpha value is -1.26. The van der Waals surface area contributed by atoms with E-state index in [4.69, 9.17) is 0 Å². The number of hydrogen-bond acceptors (Lipinski definition) is 3. The molecule has 0 bridgehead atoms. The number of rotatable bonds is 1. The van der Waals surface area contributed by atoms with Gasteiger partial charge in [-0.3, -0.25) is 4.90 Å². The topological polar surface area (TPSA) is 35.5 Å². The molecule has 4 rings (SSSR count). The van der Waals surface area contributed by atoms with Crippen LogP contribution in [0.5, 0.6) is 5.75 Å². The molecule has 2 aromatic carbocycles. The molecule has 0 unspecified atom stereocenters. The van der Waals surface area contributed by atoms with Crippen molar-refractivity contribution in [2.24, 2.45) is 0 Å². The maximum atomic E-state index is 9.90. The highest BCUT2D eigenvalue weighted by atomic mass is 35.5. The Kier molecular flexibility index (Phi) is 5.93. The summed E-state index contributed by atoms with van der Waals surface area (Å²) in [5.41, 5.74) is 4.01. The lowest BCUT2D eigenvalue weighted by molar-refractivity contribution is 0.143. The summed E-state index contributed by atoms with van der Waals surface area (Å²) in [4.78, 5) is 2.55. The second-order valence-corrected chi connectivity index (χ2v) is 5.99. The van der Waals surface area contributed by atoms with E-state index >= 15 is 0 Å². The predicted octanol–water partition coefficient (Wildman–Crippen LogP) is 3.33. The molecule has 2 aliphatic heterocycles. The molecule has 3 nitrogen and oxygen atoms in total. The summed E-state index contributed by atoms with van der Waals surface area (Å²) in [6, 6.07) is 17.0. The van der Waals surface area contributed by atoms with Gasteiger partial charge in [-0.15, -0.1) is 24.8 Å². The van der Waals surface area contributed by atoms with Crippen molar-refractivity contribution in [2.45, 2.75) is 12.0 Å². The normalized spacial score (nSPS) is 23.0. The summed E-state index contributed by atoms with van der Waals surface area (Å²) >= 11 is 0. The van der Waals surface area contributed by atoms with Gasteiger partial charge in [0, 0.05) is 38.1 Å². The van der Waals surface area contributed by atoms with Crippen molar-refractivity contribution in [2.75, 3.05) is 26.2 Å². The van der Waals surface area contributed by atoms with Crippen molar-refractivity contribution < 1.29 is 5.11 Å². The van der Waals surface area contributed by atoms with Crippen LogP contribution in [-0.2, 0) is 0 Å². The van der Waals surface area contributed by atoms with Crippen LogP contribution in [0.4, 0.5) is 0 Å². The van der Waals surface area contributed by atoms with Crippen molar-refractivity contribution in [3.05, 3.63) is 65.2 Å². The highest BCUT2D eigenvalue weighted by Crippen LogP contribution is 2.41. The first kappa shape index (κ1) is 18.1. The number of nitrogens with one attached hydrogen (secondary N) is 1. The van der Waals surface area contributed by atoms with Crippen LogP contribution in [0.25, 0.3) is 0 Å². The zero-order chi connectivity index (χ0) is 14.2. The smallest absolute Gasteiger partial charge is 0.115 e. The molecule has 0 aromatic heterocycles. The molecule has 1 saturated heterocycles. The van der Waals surface area contributed by atoms with E-state index in [-0.39, 0.29) is 24.8 Å². The summed E-state index contributed by atoms with van der Waals surface area (Å²) in [6.07, 6.45) is 0. The molecule has 124 valence electrons. The molecular formula is C18H22Cl2N2O. The molecule has 2 N–H and O–H groups in total. The van der Waals surface area contributed by atoms with Gasteiger partial charge in [0.15, 0.2) is 0 Å². The third kappa shape index (κ3) is 3.33. The Morgan fingerprint density at radius 3 is 2.57 bits per heavy atom. The maximum Gasteiger partial charge on any atom is 0.115 e. The Bertz CT molecular complexity index is 651. The number of phenolic OH excluding ortho intramolecular Hbond substituents is 1. The Morgan fingerprint density at radius 2 is 1.78 bits per heavy atom. The fourth-order valence-corrected chi connectivity index (χ4v) is 3.74. The SMILES string of the molecule is Cl.Cl.Oc1ccc2c(c1)[C@@H]1CNCCN1C[C@H]2c1ccccc1. The standard InChI is InChI=1S/C18H20N2O.2ClH/c21-14-6-7-15-16(10-14)18-11-19-8-9-20(18)12-17(15)13-4-2-1-3-5-13;;/h1-7,10,17-19,21H,8-9,11-12H2;2*1H/t17-,18-;;/m0../s1. The van der Waals surface area contributed by atoms with Gasteiger partial charge < -0.3 is 10.4 Å². The lowest BCUT2D eigenvalue weighted by atomic mass is 9.80. The molecular weight excluding hydrogens is 331 g/mol. The first-order valence-corrected chi connectivity index (χ1v) is 7.65. The number of phenols is 1. The zero-order valence-corrected chi connectivity index (χ0v) is 14.4. The summed E-state index contributed by atoms with van der Waals surface area (Å²) in [7, 11) is 0. The van der Waals surface area contributed by atoms with Crippen LogP contribution in [0.2, 0.25) is 0 Å². The molecule has 2 aliphatic rings. The number of hydrogen-bond donors (Lipinski definition) is 2. The first-order valence-electron chi connectivity index (χ1n) is 7.65. The van der Waals surface area contributed by atoms with Crippen molar-refractivity contribution in [1.82, 2.24) is 10.2 Å². The van der Waals surface area contributed by atoms with E-state index in [9.17, 15) is 5.11 Å². The molecule has 2 aromatic rings. The monoisotopic (exact) mass is 352 g/mol.